The molecule has 0 spiro atoms. The first-order chi connectivity index (χ1) is 8.83. The van der Waals surface area contributed by atoms with E-state index in [-0.39, 0.29) is 0 Å². The van der Waals surface area contributed by atoms with Crippen LogP contribution >= 0.6 is 0 Å². The van der Waals surface area contributed by atoms with Gasteiger partial charge in [0.15, 0.2) is 5.82 Å². The number of benzene rings is 1. The molecular formula is C15H18N2O. The molecule has 1 heterocycles. The molecule has 1 aliphatic carbocycles. The van der Waals surface area contributed by atoms with Crippen LogP contribution in [0.5, 0.6) is 0 Å². The van der Waals surface area contributed by atoms with Gasteiger partial charge in [-0.25, -0.2) is 0 Å². The second-order valence-electron chi connectivity index (χ2n) is 5.16. The van der Waals surface area contributed by atoms with Crippen LogP contribution in [0.25, 0.3) is 11.5 Å². The van der Waals surface area contributed by atoms with Crippen molar-refractivity contribution in [2.45, 2.75) is 44.9 Å². The van der Waals surface area contributed by atoms with Gasteiger partial charge in [0.1, 0.15) is 0 Å². The minimum absolute atomic E-state index is 0.502. The Morgan fingerprint density at radius 1 is 1.06 bits per heavy atom. The third-order valence-corrected chi connectivity index (χ3v) is 3.71. The van der Waals surface area contributed by atoms with Crippen molar-refractivity contribution in [1.82, 2.24) is 10.1 Å². The fourth-order valence-electron chi connectivity index (χ4n) is 2.57. The molecule has 0 N–H and O–H groups in total. The highest BCUT2D eigenvalue weighted by Crippen LogP contribution is 2.31. The zero-order chi connectivity index (χ0) is 12.4. The Labute approximate surface area is 107 Å². The van der Waals surface area contributed by atoms with Crippen LogP contribution < -0.4 is 0 Å². The van der Waals surface area contributed by atoms with Gasteiger partial charge in [0.25, 0.3) is 5.89 Å². The van der Waals surface area contributed by atoms with Gasteiger partial charge in [0, 0.05) is 11.5 Å². The Balaban J connectivity index is 1.82. The average Bonchev–Trinajstić information content (AvgIpc) is 2.90. The van der Waals surface area contributed by atoms with Crippen molar-refractivity contribution in [2.75, 3.05) is 0 Å². The van der Waals surface area contributed by atoms with E-state index in [4.69, 9.17) is 4.52 Å². The summed E-state index contributed by atoms with van der Waals surface area (Å²) in [5.41, 5.74) is 2.25. The lowest BCUT2D eigenvalue weighted by Crippen LogP contribution is -2.06. The zero-order valence-corrected chi connectivity index (χ0v) is 10.7. The molecule has 0 amide bonds. The second-order valence-corrected chi connectivity index (χ2v) is 5.16. The van der Waals surface area contributed by atoms with Gasteiger partial charge >= 0.3 is 0 Å². The highest BCUT2D eigenvalue weighted by molar-refractivity contribution is 5.53. The molecule has 18 heavy (non-hydrogen) atoms. The molecule has 0 saturated heterocycles. The molecule has 3 rings (SSSR count). The van der Waals surface area contributed by atoms with Crippen LogP contribution in [0.3, 0.4) is 0 Å². The van der Waals surface area contributed by atoms with Crippen LogP contribution in [0.4, 0.5) is 0 Å². The third kappa shape index (κ3) is 2.30. The van der Waals surface area contributed by atoms with Crippen molar-refractivity contribution in [3.05, 3.63) is 35.7 Å². The van der Waals surface area contributed by atoms with E-state index in [1.54, 1.807) is 0 Å². The molecule has 2 aromatic rings. The topological polar surface area (TPSA) is 38.9 Å². The summed E-state index contributed by atoms with van der Waals surface area (Å²) >= 11 is 0. The molecule has 3 heteroatoms. The monoisotopic (exact) mass is 242 g/mol. The first kappa shape index (κ1) is 11.5. The minimum atomic E-state index is 0.502. The maximum absolute atomic E-state index is 5.38. The Kier molecular flexibility index (Phi) is 3.13. The molecule has 0 bridgehead atoms. The number of hydrogen-bond donors (Lipinski definition) is 0. The molecule has 3 nitrogen and oxygen atoms in total. The SMILES string of the molecule is Cc1ccc(-c2nc(C3CCCCC3)no2)cc1. The average molecular weight is 242 g/mol. The summed E-state index contributed by atoms with van der Waals surface area (Å²) in [5.74, 6) is 2.04. The normalized spacial score (nSPS) is 16.9. The quantitative estimate of drug-likeness (QED) is 0.796. The van der Waals surface area contributed by atoms with Crippen molar-refractivity contribution in [2.24, 2.45) is 0 Å². The fourth-order valence-corrected chi connectivity index (χ4v) is 2.57. The summed E-state index contributed by atoms with van der Waals surface area (Å²) in [7, 11) is 0. The molecule has 0 unspecified atom stereocenters. The van der Waals surface area contributed by atoms with Gasteiger partial charge in [-0.1, -0.05) is 42.1 Å². The van der Waals surface area contributed by atoms with E-state index in [2.05, 4.69) is 29.2 Å². The Bertz CT molecular complexity index is 510. The number of aromatic nitrogens is 2. The van der Waals surface area contributed by atoms with Crippen LogP contribution in [-0.2, 0) is 0 Å². The highest BCUT2D eigenvalue weighted by atomic mass is 16.5. The lowest BCUT2D eigenvalue weighted by molar-refractivity contribution is 0.385. The standard InChI is InChI=1S/C15H18N2O/c1-11-7-9-13(10-8-11)15-16-14(17-18-15)12-5-3-2-4-6-12/h7-10,12H,2-6H2,1H3. The summed E-state index contributed by atoms with van der Waals surface area (Å²) in [5, 5.41) is 4.15. The van der Waals surface area contributed by atoms with Crippen molar-refractivity contribution in [1.29, 1.82) is 0 Å². The Morgan fingerprint density at radius 3 is 2.50 bits per heavy atom. The predicted octanol–water partition coefficient (Wildman–Crippen LogP) is 4.09. The first-order valence-electron chi connectivity index (χ1n) is 6.73. The zero-order valence-electron chi connectivity index (χ0n) is 10.7. The molecule has 1 saturated carbocycles. The van der Waals surface area contributed by atoms with Crippen molar-refractivity contribution < 1.29 is 4.52 Å². The van der Waals surface area contributed by atoms with E-state index in [9.17, 15) is 0 Å². The summed E-state index contributed by atoms with van der Waals surface area (Å²) in [6.45, 7) is 2.07. The van der Waals surface area contributed by atoms with Crippen LogP contribution in [0, 0.1) is 6.92 Å². The highest BCUT2D eigenvalue weighted by Gasteiger charge is 2.21. The first-order valence-corrected chi connectivity index (χ1v) is 6.73. The van der Waals surface area contributed by atoms with E-state index in [0.717, 1.165) is 11.4 Å². The van der Waals surface area contributed by atoms with Crippen LogP contribution in [-0.4, -0.2) is 10.1 Å². The molecule has 94 valence electrons. The lowest BCUT2D eigenvalue weighted by Gasteiger charge is -2.17. The largest absolute Gasteiger partial charge is 0.334 e. The number of aryl methyl sites for hydroxylation is 1. The second kappa shape index (κ2) is 4.92. The van der Waals surface area contributed by atoms with Crippen molar-refractivity contribution in [3.63, 3.8) is 0 Å². The number of nitrogens with zero attached hydrogens (tertiary/aromatic N) is 2. The number of hydrogen-bond acceptors (Lipinski definition) is 3. The summed E-state index contributed by atoms with van der Waals surface area (Å²) in [6.07, 6.45) is 6.33. The van der Waals surface area contributed by atoms with E-state index in [1.165, 1.54) is 37.7 Å². The van der Waals surface area contributed by atoms with Crippen molar-refractivity contribution >= 4 is 0 Å². The summed E-state index contributed by atoms with van der Waals surface area (Å²) < 4.78 is 5.38. The van der Waals surface area contributed by atoms with E-state index < -0.39 is 0 Å². The molecule has 1 aromatic carbocycles. The van der Waals surface area contributed by atoms with Gasteiger partial charge in [0.2, 0.25) is 0 Å². The molecule has 0 atom stereocenters. The van der Waals surface area contributed by atoms with E-state index in [0.29, 0.717) is 11.8 Å². The van der Waals surface area contributed by atoms with Gasteiger partial charge in [-0.3, -0.25) is 0 Å². The lowest BCUT2D eigenvalue weighted by atomic mass is 9.89. The predicted molar refractivity (Wildman–Crippen MR) is 70.3 cm³/mol. The van der Waals surface area contributed by atoms with E-state index >= 15 is 0 Å². The fraction of sp³-hybridized carbons (Fsp3) is 0.467. The molecule has 1 fully saturated rings. The third-order valence-electron chi connectivity index (χ3n) is 3.71. The van der Waals surface area contributed by atoms with Gasteiger partial charge in [0.05, 0.1) is 0 Å². The maximum atomic E-state index is 5.38. The van der Waals surface area contributed by atoms with Gasteiger partial charge in [-0.2, -0.15) is 4.98 Å². The van der Waals surface area contributed by atoms with Crippen LogP contribution in [0.1, 0.15) is 49.4 Å². The Morgan fingerprint density at radius 2 is 1.78 bits per heavy atom. The molecule has 1 aliphatic rings. The molecule has 1 aromatic heterocycles. The van der Waals surface area contributed by atoms with Crippen LogP contribution in [0.15, 0.2) is 28.8 Å². The summed E-state index contributed by atoms with van der Waals surface area (Å²) in [6, 6.07) is 8.21. The van der Waals surface area contributed by atoms with Gasteiger partial charge < -0.3 is 4.52 Å². The van der Waals surface area contributed by atoms with Gasteiger partial charge in [-0.15, -0.1) is 0 Å². The van der Waals surface area contributed by atoms with E-state index in [1.807, 2.05) is 12.1 Å². The Hall–Kier alpha value is -1.64. The molecule has 0 aliphatic heterocycles. The minimum Gasteiger partial charge on any atom is -0.334 e. The van der Waals surface area contributed by atoms with Gasteiger partial charge in [-0.05, 0) is 31.9 Å². The van der Waals surface area contributed by atoms with Crippen molar-refractivity contribution in [3.8, 4) is 11.5 Å². The molecular weight excluding hydrogens is 224 g/mol. The molecule has 0 radical (unpaired) electrons. The van der Waals surface area contributed by atoms with Crippen LogP contribution in [0.2, 0.25) is 0 Å². The maximum Gasteiger partial charge on any atom is 0.257 e. The smallest absolute Gasteiger partial charge is 0.257 e. The summed E-state index contributed by atoms with van der Waals surface area (Å²) in [4.78, 5) is 4.56. The number of rotatable bonds is 2.